The molecular weight excluding hydrogens is 683 g/mol. The van der Waals surface area contributed by atoms with E-state index in [1.54, 1.807) is 0 Å². The highest BCUT2D eigenvalue weighted by molar-refractivity contribution is 6.19. The molecule has 0 amide bonds. The van der Waals surface area contributed by atoms with E-state index >= 15 is 0 Å². The average Bonchev–Trinajstić information content (AvgIpc) is 3.78. The van der Waals surface area contributed by atoms with Gasteiger partial charge in [0.15, 0.2) is 17.5 Å². The second-order valence-corrected chi connectivity index (χ2v) is 14.1. The van der Waals surface area contributed by atoms with Gasteiger partial charge in [-0.2, -0.15) is 0 Å². The Kier molecular flexibility index (Phi) is 7.42. The summed E-state index contributed by atoms with van der Waals surface area (Å²) in [7, 11) is 0. The molecule has 0 unspecified atom stereocenters. The summed E-state index contributed by atoms with van der Waals surface area (Å²) >= 11 is 0. The molecule has 0 aliphatic rings. The van der Waals surface area contributed by atoms with Crippen molar-refractivity contribution in [3.8, 4) is 56.7 Å². The lowest BCUT2D eigenvalue weighted by Crippen LogP contribution is -2.00. The van der Waals surface area contributed by atoms with Crippen LogP contribution in [0.15, 0.2) is 200 Å². The van der Waals surface area contributed by atoms with Gasteiger partial charge in [0, 0.05) is 49.6 Å². The molecule has 0 bridgehead atoms. The lowest BCUT2D eigenvalue weighted by molar-refractivity contribution is 1.07. The molecule has 11 aromatic rings. The minimum Gasteiger partial charge on any atom is -0.309 e. The zero-order chi connectivity index (χ0) is 37.0. The summed E-state index contributed by atoms with van der Waals surface area (Å²) < 4.78 is 4.79. The minimum absolute atomic E-state index is 0.645. The fourth-order valence-electron chi connectivity index (χ4n) is 8.12. The summed E-state index contributed by atoms with van der Waals surface area (Å²) in [6.45, 7) is 0. The molecule has 11 rings (SSSR count). The van der Waals surface area contributed by atoms with Crippen molar-refractivity contribution in [1.29, 1.82) is 0 Å². The van der Waals surface area contributed by atoms with E-state index in [-0.39, 0.29) is 0 Å². The van der Waals surface area contributed by atoms with Crippen LogP contribution in [0.4, 0.5) is 0 Å². The molecule has 0 aliphatic heterocycles. The molecule has 0 spiro atoms. The Morgan fingerprint density at radius 2 is 0.589 bits per heavy atom. The molecule has 0 saturated heterocycles. The fourth-order valence-corrected chi connectivity index (χ4v) is 8.12. The molecule has 0 saturated carbocycles. The minimum atomic E-state index is 0.645. The average molecular weight is 716 g/mol. The van der Waals surface area contributed by atoms with E-state index in [0.717, 1.165) is 39.2 Å². The number of nitrogens with zero attached hydrogens (tertiary/aromatic N) is 5. The van der Waals surface area contributed by atoms with Gasteiger partial charge in [-0.15, -0.1) is 0 Å². The standard InChI is InChI=1S/C51H33N5/c1-4-14-36(15-5-1)49-52-50(37-16-6-2-7-17-37)54-51(53-49)38-26-24-34(25-27-38)35-28-30-40(31-29-35)56-46-23-13-11-21-42(46)44-32-47-43(33-48(44)56)41-20-10-12-22-45(41)55(47)39-18-8-3-9-19-39/h1-33H. The molecule has 0 N–H and O–H groups in total. The van der Waals surface area contributed by atoms with Gasteiger partial charge in [-0.3, -0.25) is 0 Å². The van der Waals surface area contributed by atoms with E-state index in [0.29, 0.717) is 17.5 Å². The van der Waals surface area contributed by atoms with E-state index in [1.165, 1.54) is 43.6 Å². The van der Waals surface area contributed by atoms with Crippen molar-refractivity contribution in [2.45, 2.75) is 0 Å². The summed E-state index contributed by atoms with van der Waals surface area (Å²) in [5.41, 5.74) is 12.2. The number of rotatable bonds is 6. The summed E-state index contributed by atoms with van der Waals surface area (Å²) in [5, 5.41) is 4.95. The molecule has 5 nitrogen and oxygen atoms in total. The molecule has 8 aromatic carbocycles. The van der Waals surface area contributed by atoms with Crippen molar-refractivity contribution in [2.24, 2.45) is 0 Å². The third-order valence-corrected chi connectivity index (χ3v) is 10.8. The Bertz CT molecular complexity index is 3140. The van der Waals surface area contributed by atoms with Crippen molar-refractivity contribution >= 4 is 43.6 Å². The van der Waals surface area contributed by atoms with Crippen LogP contribution in [0.1, 0.15) is 0 Å². The quantitative estimate of drug-likeness (QED) is 0.172. The van der Waals surface area contributed by atoms with E-state index < -0.39 is 0 Å². The normalized spacial score (nSPS) is 11.6. The number of hydrogen-bond acceptors (Lipinski definition) is 3. The summed E-state index contributed by atoms with van der Waals surface area (Å²) in [6.07, 6.45) is 0. The first-order valence-corrected chi connectivity index (χ1v) is 18.9. The predicted octanol–water partition coefficient (Wildman–Crippen LogP) is 12.7. The van der Waals surface area contributed by atoms with Gasteiger partial charge in [0.25, 0.3) is 0 Å². The lowest BCUT2D eigenvalue weighted by atomic mass is 10.0. The maximum atomic E-state index is 4.92. The topological polar surface area (TPSA) is 48.5 Å². The molecule has 0 fully saturated rings. The van der Waals surface area contributed by atoms with Gasteiger partial charge >= 0.3 is 0 Å². The maximum absolute atomic E-state index is 4.92. The van der Waals surface area contributed by atoms with Gasteiger partial charge in [0.1, 0.15) is 0 Å². The van der Waals surface area contributed by atoms with Crippen molar-refractivity contribution < 1.29 is 0 Å². The molecule has 0 atom stereocenters. The van der Waals surface area contributed by atoms with Crippen molar-refractivity contribution in [3.05, 3.63) is 200 Å². The van der Waals surface area contributed by atoms with Gasteiger partial charge in [0.2, 0.25) is 0 Å². The predicted molar refractivity (Wildman–Crippen MR) is 230 cm³/mol. The van der Waals surface area contributed by atoms with Crippen molar-refractivity contribution in [1.82, 2.24) is 24.1 Å². The first-order chi connectivity index (χ1) is 27.8. The van der Waals surface area contributed by atoms with Crippen LogP contribution in [-0.4, -0.2) is 24.1 Å². The maximum Gasteiger partial charge on any atom is 0.164 e. The van der Waals surface area contributed by atoms with Gasteiger partial charge in [0.05, 0.1) is 22.1 Å². The van der Waals surface area contributed by atoms with Crippen LogP contribution in [-0.2, 0) is 0 Å². The molecular formula is C51H33N5. The highest BCUT2D eigenvalue weighted by Crippen LogP contribution is 2.40. The second-order valence-electron chi connectivity index (χ2n) is 14.1. The molecule has 5 heteroatoms. The van der Waals surface area contributed by atoms with Crippen molar-refractivity contribution in [3.63, 3.8) is 0 Å². The van der Waals surface area contributed by atoms with Crippen LogP contribution in [0.2, 0.25) is 0 Å². The van der Waals surface area contributed by atoms with Crippen LogP contribution in [0.5, 0.6) is 0 Å². The van der Waals surface area contributed by atoms with Crippen LogP contribution >= 0.6 is 0 Å². The molecule has 0 aliphatic carbocycles. The van der Waals surface area contributed by atoms with Crippen LogP contribution < -0.4 is 0 Å². The largest absolute Gasteiger partial charge is 0.309 e. The first-order valence-electron chi connectivity index (χ1n) is 18.9. The number of fused-ring (bicyclic) bond motifs is 6. The number of aromatic nitrogens is 5. The van der Waals surface area contributed by atoms with Gasteiger partial charge in [-0.1, -0.05) is 152 Å². The SMILES string of the molecule is c1ccc(-c2nc(-c3ccccc3)nc(-c3ccc(-c4ccc(-n5c6ccccc6c6cc7c(cc65)c5ccccc5n7-c5ccccc5)cc4)cc3)n2)cc1. The second kappa shape index (κ2) is 13.0. The molecule has 3 heterocycles. The van der Waals surface area contributed by atoms with E-state index in [4.69, 9.17) is 15.0 Å². The summed E-state index contributed by atoms with van der Waals surface area (Å²) in [6, 6.07) is 70.4. The van der Waals surface area contributed by atoms with Gasteiger partial charge < -0.3 is 9.13 Å². The van der Waals surface area contributed by atoms with Crippen molar-refractivity contribution in [2.75, 3.05) is 0 Å². The van der Waals surface area contributed by atoms with Crippen LogP contribution in [0, 0.1) is 0 Å². The Labute approximate surface area is 323 Å². The molecule has 3 aromatic heterocycles. The number of para-hydroxylation sites is 3. The summed E-state index contributed by atoms with van der Waals surface area (Å²) in [5.74, 6) is 1.95. The Hall–Kier alpha value is -7.63. The monoisotopic (exact) mass is 715 g/mol. The first kappa shape index (κ1) is 31.9. The van der Waals surface area contributed by atoms with E-state index in [2.05, 4.69) is 149 Å². The number of hydrogen-bond donors (Lipinski definition) is 0. The summed E-state index contributed by atoms with van der Waals surface area (Å²) in [4.78, 5) is 14.7. The van der Waals surface area contributed by atoms with E-state index in [1.807, 2.05) is 60.7 Å². The zero-order valence-corrected chi connectivity index (χ0v) is 30.3. The van der Waals surface area contributed by atoms with Gasteiger partial charge in [-0.25, -0.2) is 15.0 Å². The smallest absolute Gasteiger partial charge is 0.164 e. The Balaban J connectivity index is 0.987. The zero-order valence-electron chi connectivity index (χ0n) is 30.3. The lowest BCUT2D eigenvalue weighted by Gasteiger charge is -2.11. The molecule has 56 heavy (non-hydrogen) atoms. The fraction of sp³-hybridized carbons (Fsp3) is 0. The van der Waals surface area contributed by atoms with E-state index in [9.17, 15) is 0 Å². The van der Waals surface area contributed by atoms with Crippen LogP contribution in [0.3, 0.4) is 0 Å². The van der Waals surface area contributed by atoms with Crippen LogP contribution in [0.25, 0.3) is 100 Å². The highest BCUT2D eigenvalue weighted by atomic mass is 15.0. The number of benzene rings is 8. The third-order valence-electron chi connectivity index (χ3n) is 10.8. The Morgan fingerprint density at radius 1 is 0.250 bits per heavy atom. The molecule has 262 valence electrons. The molecule has 0 radical (unpaired) electrons. The highest BCUT2D eigenvalue weighted by Gasteiger charge is 2.19. The van der Waals surface area contributed by atoms with Gasteiger partial charge in [-0.05, 0) is 59.7 Å². The third kappa shape index (κ3) is 5.29. The Morgan fingerprint density at radius 3 is 1.05 bits per heavy atom.